The number of rotatable bonds is 2. The second kappa shape index (κ2) is 4.28. The van der Waals surface area contributed by atoms with E-state index in [9.17, 15) is 4.39 Å². The van der Waals surface area contributed by atoms with Crippen LogP contribution in [0.4, 0.5) is 4.39 Å². The molecule has 0 bridgehead atoms. The minimum absolute atomic E-state index is 0.0481. The molecule has 0 unspecified atom stereocenters. The van der Waals surface area contributed by atoms with Crippen LogP contribution in [0.15, 0.2) is 18.2 Å². The summed E-state index contributed by atoms with van der Waals surface area (Å²) in [5, 5.41) is 11.7. The van der Waals surface area contributed by atoms with Crippen molar-refractivity contribution in [3.63, 3.8) is 0 Å². The summed E-state index contributed by atoms with van der Waals surface area (Å²) in [5.74, 6) is -0.0406. The van der Waals surface area contributed by atoms with Crippen molar-refractivity contribution in [2.45, 2.75) is 12.5 Å². The zero-order chi connectivity index (χ0) is 10.7. The van der Waals surface area contributed by atoms with E-state index in [0.717, 1.165) is 19.5 Å². The van der Waals surface area contributed by atoms with Crippen LogP contribution in [0.25, 0.3) is 0 Å². The van der Waals surface area contributed by atoms with Gasteiger partial charge in [-0.2, -0.15) is 5.26 Å². The van der Waals surface area contributed by atoms with Crippen LogP contribution in [-0.4, -0.2) is 19.2 Å². The Morgan fingerprint density at radius 2 is 2.40 bits per heavy atom. The molecule has 1 aromatic carbocycles. The first-order valence-corrected chi connectivity index (χ1v) is 4.86. The number of halogens is 1. The molecule has 0 aliphatic carbocycles. The number of nitrogens with one attached hydrogen (secondary N) is 1. The zero-order valence-electron chi connectivity index (χ0n) is 8.16. The van der Waals surface area contributed by atoms with Crippen LogP contribution in [0.5, 0.6) is 5.75 Å². The molecule has 0 amide bonds. The molecule has 1 fully saturated rings. The van der Waals surface area contributed by atoms with Gasteiger partial charge in [-0.05, 0) is 25.1 Å². The minimum Gasteiger partial charge on any atom is -0.489 e. The molecule has 15 heavy (non-hydrogen) atoms. The van der Waals surface area contributed by atoms with Gasteiger partial charge in [0, 0.05) is 12.6 Å². The van der Waals surface area contributed by atoms with Crippen molar-refractivity contribution >= 4 is 0 Å². The topological polar surface area (TPSA) is 45.0 Å². The van der Waals surface area contributed by atoms with Gasteiger partial charge >= 0.3 is 0 Å². The fraction of sp³-hybridized carbons (Fsp3) is 0.364. The third kappa shape index (κ3) is 2.25. The summed E-state index contributed by atoms with van der Waals surface area (Å²) in [6, 6.07) is 6.10. The molecule has 1 heterocycles. The van der Waals surface area contributed by atoms with Crippen LogP contribution >= 0.6 is 0 Å². The molecule has 1 saturated heterocycles. The van der Waals surface area contributed by atoms with Crippen LogP contribution in [0.3, 0.4) is 0 Å². The molecule has 1 aliphatic heterocycles. The maximum Gasteiger partial charge on any atom is 0.144 e. The maximum absolute atomic E-state index is 13.2. The fourth-order valence-corrected chi connectivity index (χ4v) is 1.58. The van der Waals surface area contributed by atoms with E-state index >= 15 is 0 Å². The van der Waals surface area contributed by atoms with Crippen molar-refractivity contribution in [3.05, 3.63) is 29.6 Å². The van der Waals surface area contributed by atoms with E-state index in [4.69, 9.17) is 10.00 Å². The predicted octanol–water partition coefficient (Wildman–Crippen LogP) is 1.44. The molecule has 2 rings (SSSR count). The normalized spacial score (nSPS) is 19.9. The molecule has 1 aliphatic rings. The molecule has 0 radical (unpaired) electrons. The van der Waals surface area contributed by atoms with Gasteiger partial charge in [-0.3, -0.25) is 0 Å². The largest absolute Gasteiger partial charge is 0.489 e. The van der Waals surface area contributed by atoms with E-state index in [1.165, 1.54) is 12.1 Å². The van der Waals surface area contributed by atoms with Crippen LogP contribution in [-0.2, 0) is 0 Å². The smallest absolute Gasteiger partial charge is 0.144 e. The average Bonchev–Trinajstić information content (AvgIpc) is 2.71. The summed E-state index contributed by atoms with van der Waals surface area (Å²) in [6.07, 6.45) is 1.04. The molecule has 78 valence electrons. The summed E-state index contributed by atoms with van der Waals surface area (Å²) in [4.78, 5) is 0. The highest BCUT2D eigenvalue weighted by Crippen LogP contribution is 2.18. The van der Waals surface area contributed by atoms with Crippen molar-refractivity contribution < 1.29 is 9.13 Å². The second-order valence-electron chi connectivity index (χ2n) is 3.49. The number of hydrogen-bond donors (Lipinski definition) is 1. The van der Waals surface area contributed by atoms with Crippen LogP contribution in [0.2, 0.25) is 0 Å². The van der Waals surface area contributed by atoms with Gasteiger partial charge in [0.05, 0.1) is 5.56 Å². The third-order valence-electron chi connectivity index (χ3n) is 2.38. The molecule has 0 spiro atoms. The average molecular weight is 206 g/mol. The van der Waals surface area contributed by atoms with E-state index in [2.05, 4.69) is 5.32 Å². The molecule has 0 aromatic heterocycles. The van der Waals surface area contributed by atoms with Gasteiger partial charge in [0.2, 0.25) is 0 Å². The standard InChI is InChI=1S/C11H11FN2O/c12-11-5-9(2-1-8(11)6-13)15-10-3-4-14-7-10/h1-2,5,10,14H,3-4,7H2/t10-/m1/s1. The maximum atomic E-state index is 13.2. The van der Waals surface area contributed by atoms with Crippen molar-refractivity contribution in [3.8, 4) is 11.8 Å². The molecule has 1 atom stereocenters. The first-order chi connectivity index (χ1) is 7.29. The SMILES string of the molecule is N#Cc1ccc(O[C@@H]2CCNC2)cc1F. The Labute approximate surface area is 87.5 Å². The Morgan fingerprint density at radius 1 is 1.53 bits per heavy atom. The summed E-state index contributed by atoms with van der Waals surface area (Å²) < 4.78 is 18.7. The summed E-state index contributed by atoms with van der Waals surface area (Å²) in [7, 11) is 0. The monoisotopic (exact) mass is 206 g/mol. The highest BCUT2D eigenvalue weighted by atomic mass is 19.1. The van der Waals surface area contributed by atoms with Gasteiger partial charge in [0.25, 0.3) is 0 Å². The number of hydrogen-bond acceptors (Lipinski definition) is 3. The quantitative estimate of drug-likeness (QED) is 0.796. The van der Waals surface area contributed by atoms with Crippen molar-refractivity contribution in [2.24, 2.45) is 0 Å². The van der Waals surface area contributed by atoms with E-state index in [0.29, 0.717) is 5.75 Å². The van der Waals surface area contributed by atoms with Gasteiger partial charge in [-0.15, -0.1) is 0 Å². The lowest BCUT2D eigenvalue weighted by Gasteiger charge is -2.12. The Kier molecular flexibility index (Phi) is 2.84. The van der Waals surface area contributed by atoms with E-state index in [-0.39, 0.29) is 11.7 Å². The van der Waals surface area contributed by atoms with E-state index in [1.54, 1.807) is 12.1 Å². The number of benzene rings is 1. The molecular formula is C11H11FN2O. The fourth-order valence-electron chi connectivity index (χ4n) is 1.58. The van der Waals surface area contributed by atoms with Crippen LogP contribution < -0.4 is 10.1 Å². The Balaban J connectivity index is 2.09. The lowest BCUT2D eigenvalue weighted by atomic mass is 10.2. The number of nitrogens with zero attached hydrogens (tertiary/aromatic N) is 1. The van der Waals surface area contributed by atoms with Gasteiger partial charge in [0.15, 0.2) is 0 Å². The molecule has 3 nitrogen and oxygen atoms in total. The second-order valence-corrected chi connectivity index (χ2v) is 3.49. The lowest BCUT2D eigenvalue weighted by molar-refractivity contribution is 0.222. The molecule has 4 heteroatoms. The van der Waals surface area contributed by atoms with Crippen molar-refractivity contribution in [1.82, 2.24) is 5.32 Å². The van der Waals surface area contributed by atoms with E-state index < -0.39 is 5.82 Å². The first kappa shape index (κ1) is 9.94. The first-order valence-electron chi connectivity index (χ1n) is 4.86. The Hall–Kier alpha value is -1.60. The minimum atomic E-state index is -0.527. The molecular weight excluding hydrogens is 195 g/mol. The molecule has 1 aromatic rings. The van der Waals surface area contributed by atoms with Gasteiger partial charge < -0.3 is 10.1 Å². The summed E-state index contributed by atoms with van der Waals surface area (Å²) >= 11 is 0. The highest BCUT2D eigenvalue weighted by Gasteiger charge is 2.16. The highest BCUT2D eigenvalue weighted by molar-refractivity contribution is 5.36. The summed E-state index contributed by atoms with van der Waals surface area (Å²) in [6.45, 7) is 1.73. The number of nitriles is 1. The van der Waals surface area contributed by atoms with Crippen LogP contribution in [0.1, 0.15) is 12.0 Å². The van der Waals surface area contributed by atoms with Crippen molar-refractivity contribution in [2.75, 3.05) is 13.1 Å². The zero-order valence-corrected chi connectivity index (χ0v) is 8.16. The van der Waals surface area contributed by atoms with Gasteiger partial charge in [-0.25, -0.2) is 4.39 Å². The lowest BCUT2D eigenvalue weighted by Crippen LogP contribution is -2.19. The molecule has 0 saturated carbocycles. The Bertz CT molecular complexity index is 394. The van der Waals surface area contributed by atoms with E-state index in [1.807, 2.05) is 0 Å². The third-order valence-corrected chi connectivity index (χ3v) is 2.38. The van der Waals surface area contributed by atoms with Crippen molar-refractivity contribution in [1.29, 1.82) is 5.26 Å². The summed E-state index contributed by atoms with van der Waals surface area (Å²) in [5.41, 5.74) is 0.0481. The Morgan fingerprint density at radius 3 is 3.00 bits per heavy atom. The van der Waals surface area contributed by atoms with Gasteiger partial charge in [0.1, 0.15) is 23.7 Å². The van der Waals surface area contributed by atoms with Crippen LogP contribution in [0, 0.1) is 17.1 Å². The number of ether oxygens (including phenoxy) is 1. The molecule has 1 N–H and O–H groups in total. The van der Waals surface area contributed by atoms with Gasteiger partial charge in [-0.1, -0.05) is 0 Å². The predicted molar refractivity (Wildman–Crippen MR) is 53.0 cm³/mol.